The molecule has 1 aromatic heterocycles. The van der Waals surface area contributed by atoms with Gasteiger partial charge in [0.1, 0.15) is 4.21 Å². The maximum Gasteiger partial charge on any atom is 0.252 e. The Labute approximate surface area is 154 Å². The molecule has 1 aromatic rings. The van der Waals surface area contributed by atoms with E-state index >= 15 is 0 Å². The van der Waals surface area contributed by atoms with Crippen LogP contribution in [0, 0.1) is 5.92 Å². The van der Waals surface area contributed by atoms with E-state index in [0.717, 1.165) is 30.6 Å². The molecule has 1 amide bonds. The lowest BCUT2D eigenvalue weighted by atomic mass is 10.0. The van der Waals surface area contributed by atoms with Crippen molar-refractivity contribution in [1.82, 2.24) is 9.62 Å². The number of amides is 1. The molecule has 0 radical (unpaired) electrons. The average Bonchev–Trinajstić information content (AvgIpc) is 3.31. The highest BCUT2D eigenvalue weighted by Gasteiger charge is 2.27. The molecule has 25 heavy (non-hydrogen) atoms. The molecule has 3 rings (SSSR count). The van der Waals surface area contributed by atoms with Crippen molar-refractivity contribution in [2.45, 2.75) is 68.5 Å². The first-order chi connectivity index (χ1) is 12.1. The monoisotopic (exact) mass is 384 g/mol. The minimum atomic E-state index is -3.36. The van der Waals surface area contributed by atoms with Crippen LogP contribution in [0.3, 0.4) is 0 Å². The minimum Gasteiger partial charge on any atom is -0.351 e. The van der Waals surface area contributed by atoms with Gasteiger partial charge in [-0.3, -0.25) is 4.79 Å². The van der Waals surface area contributed by atoms with Crippen LogP contribution in [0.15, 0.2) is 16.3 Å². The molecule has 0 unspecified atom stereocenters. The molecule has 0 bridgehead atoms. The summed E-state index contributed by atoms with van der Waals surface area (Å²) in [5.74, 6) is 0.787. The third-order valence-electron chi connectivity index (χ3n) is 5.26. The topological polar surface area (TPSA) is 66.5 Å². The Morgan fingerprint density at radius 3 is 2.56 bits per heavy atom. The van der Waals surface area contributed by atoms with Gasteiger partial charge in [-0.2, -0.15) is 4.31 Å². The van der Waals surface area contributed by atoms with Gasteiger partial charge >= 0.3 is 0 Å². The number of nitrogens with zero attached hydrogens (tertiary/aromatic N) is 1. The lowest BCUT2D eigenvalue weighted by Gasteiger charge is -2.25. The number of sulfonamides is 1. The minimum absolute atomic E-state index is 0.0701. The number of hydrogen-bond acceptors (Lipinski definition) is 4. The summed E-state index contributed by atoms with van der Waals surface area (Å²) >= 11 is 1.27. The van der Waals surface area contributed by atoms with Crippen LogP contribution in [-0.4, -0.2) is 31.7 Å². The second-order valence-electron chi connectivity index (χ2n) is 7.15. The van der Waals surface area contributed by atoms with Crippen LogP contribution in [0.25, 0.3) is 0 Å². The van der Waals surface area contributed by atoms with Gasteiger partial charge in [0, 0.05) is 24.4 Å². The fraction of sp³-hybridized carbons (Fsp3) is 0.722. The third kappa shape index (κ3) is 5.05. The van der Waals surface area contributed by atoms with E-state index in [-0.39, 0.29) is 5.91 Å². The van der Waals surface area contributed by atoms with Crippen molar-refractivity contribution in [2.24, 2.45) is 5.92 Å². The van der Waals surface area contributed by atoms with E-state index in [1.54, 1.807) is 10.4 Å². The Bertz CT molecular complexity index is 672. The summed E-state index contributed by atoms with van der Waals surface area (Å²) in [5.41, 5.74) is 0. The number of piperidine rings is 1. The quantitative estimate of drug-likeness (QED) is 0.782. The van der Waals surface area contributed by atoms with Crippen molar-refractivity contribution >= 4 is 27.3 Å². The standard InChI is InChI=1S/C18H28N2O3S2/c21-17(10-8-15-6-2-3-7-15)19-14-16-9-11-18(24-16)25(22,23)20-12-4-1-5-13-20/h9,11,15H,1-8,10,12-14H2,(H,19,21). The number of carbonyl (C=O) groups is 1. The lowest BCUT2D eigenvalue weighted by Crippen LogP contribution is -2.35. The van der Waals surface area contributed by atoms with Gasteiger partial charge in [0.25, 0.3) is 10.0 Å². The molecule has 1 saturated heterocycles. The molecular weight excluding hydrogens is 356 g/mol. The largest absolute Gasteiger partial charge is 0.351 e. The van der Waals surface area contributed by atoms with E-state index in [4.69, 9.17) is 0 Å². The SMILES string of the molecule is O=C(CCC1CCCC1)NCc1ccc(S(=O)(=O)N2CCCCC2)s1. The maximum absolute atomic E-state index is 12.6. The first-order valence-electron chi connectivity index (χ1n) is 9.41. The number of nitrogens with one attached hydrogen (secondary N) is 1. The Balaban J connectivity index is 1.48. The van der Waals surface area contributed by atoms with E-state index < -0.39 is 10.0 Å². The zero-order valence-electron chi connectivity index (χ0n) is 14.7. The Hall–Kier alpha value is -0.920. The molecule has 1 aliphatic carbocycles. The molecule has 5 nitrogen and oxygen atoms in total. The molecule has 1 N–H and O–H groups in total. The zero-order valence-corrected chi connectivity index (χ0v) is 16.3. The molecule has 2 fully saturated rings. The average molecular weight is 385 g/mol. The van der Waals surface area contributed by atoms with Crippen molar-refractivity contribution in [3.63, 3.8) is 0 Å². The molecule has 0 aromatic carbocycles. The van der Waals surface area contributed by atoms with Crippen LogP contribution in [0.5, 0.6) is 0 Å². The van der Waals surface area contributed by atoms with E-state index in [2.05, 4.69) is 5.32 Å². The fourth-order valence-corrected chi connectivity index (χ4v) is 6.70. The second-order valence-corrected chi connectivity index (χ2v) is 10.5. The highest BCUT2D eigenvalue weighted by Crippen LogP contribution is 2.29. The second kappa shape index (κ2) is 8.64. The van der Waals surface area contributed by atoms with Gasteiger partial charge in [0.15, 0.2) is 0 Å². The molecule has 1 aliphatic heterocycles. The van der Waals surface area contributed by atoms with Crippen LogP contribution in [0.4, 0.5) is 0 Å². The summed E-state index contributed by atoms with van der Waals surface area (Å²) in [5, 5.41) is 2.93. The van der Waals surface area contributed by atoms with Crippen LogP contribution in [0.1, 0.15) is 62.7 Å². The Kier molecular flexibility index (Phi) is 6.52. The first-order valence-corrected chi connectivity index (χ1v) is 11.7. The predicted octanol–water partition coefficient (Wildman–Crippen LogP) is 3.51. The van der Waals surface area contributed by atoms with Crippen LogP contribution < -0.4 is 5.32 Å². The summed E-state index contributed by atoms with van der Waals surface area (Å²) in [7, 11) is -3.36. The number of rotatable bonds is 7. The van der Waals surface area contributed by atoms with Crippen molar-refractivity contribution in [1.29, 1.82) is 0 Å². The van der Waals surface area contributed by atoms with Gasteiger partial charge in [-0.1, -0.05) is 32.1 Å². The molecular formula is C18H28N2O3S2. The van der Waals surface area contributed by atoms with Gasteiger partial charge in [0.05, 0.1) is 6.54 Å². The van der Waals surface area contributed by atoms with Crippen molar-refractivity contribution < 1.29 is 13.2 Å². The smallest absolute Gasteiger partial charge is 0.252 e. The number of hydrogen-bond donors (Lipinski definition) is 1. The summed E-state index contributed by atoms with van der Waals surface area (Å²) in [6.45, 7) is 1.66. The number of thiophene rings is 1. The fourth-order valence-electron chi connectivity index (χ4n) is 3.73. The highest BCUT2D eigenvalue weighted by atomic mass is 32.2. The number of carbonyl (C=O) groups excluding carboxylic acids is 1. The van der Waals surface area contributed by atoms with E-state index in [1.165, 1.54) is 37.0 Å². The Morgan fingerprint density at radius 2 is 1.84 bits per heavy atom. The molecule has 2 heterocycles. The summed E-state index contributed by atoms with van der Waals surface area (Å²) in [6, 6.07) is 3.49. The Morgan fingerprint density at radius 1 is 1.12 bits per heavy atom. The van der Waals surface area contributed by atoms with E-state index in [9.17, 15) is 13.2 Å². The van der Waals surface area contributed by atoms with Crippen molar-refractivity contribution in [2.75, 3.05) is 13.1 Å². The maximum atomic E-state index is 12.6. The molecule has 1 saturated carbocycles. The molecule has 0 atom stereocenters. The van der Waals surface area contributed by atoms with Gasteiger partial charge in [-0.05, 0) is 37.3 Å². The van der Waals surface area contributed by atoms with Crippen molar-refractivity contribution in [3.05, 3.63) is 17.0 Å². The summed E-state index contributed by atoms with van der Waals surface area (Å²) in [4.78, 5) is 12.9. The summed E-state index contributed by atoms with van der Waals surface area (Å²) < 4.78 is 27.3. The van der Waals surface area contributed by atoms with Gasteiger partial charge in [-0.25, -0.2) is 8.42 Å². The molecule has 7 heteroatoms. The zero-order chi connectivity index (χ0) is 17.7. The first kappa shape index (κ1) is 18.9. The predicted molar refractivity (Wildman–Crippen MR) is 100.0 cm³/mol. The molecule has 140 valence electrons. The van der Waals surface area contributed by atoms with Crippen LogP contribution >= 0.6 is 11.3 Å². The van der Waals surface area contributed by atoms with Crippen LogP contribution in [0.2, 0.25) is 0 Å². The van der Waals surface area contributed by atoms with Gasteiger partial charge in [-0.15, -0.1) is 11.3 Å². The highest BCUT2D eigenvalue weighted by molar-refractivity contribution is 7.91. The van der Waals surface area contributed by atoms with Crippen molar-refractivity contribution in [3.8, 4) is 0 Å². The lowest BCUT2D eigenvalue weighted by molar-refractivity contribution is -0.121. The molecule has 2 aliphatic rings. The van der Waals surface area contributed by atoms with Gasteiger partial charge < -0.3 is 5.32 Å². The third-order valence-corrected chi connectivity index (χ3v) is 8.71. The molecule has 0 spiro atoms. The van der Waals surface area contributed by atoms with E-state index in [0.29, 0.717) is 36.2 Å². The summed E-state index contributed by atoms with van der Waals surface area (Å²) in [6.07, 6.45) is 9.66. The van der Waals surface area contributed by atoms with Gasteiger partial charge in [0.2, 0.25) is 5.91 Å². The normalized spacial score (nSPS) is 20.0. The van der Waals surface area contributed by atoms with E-state index in [1.807, 2.05) is 6.07 Å². The van der Waals surface area contributed by atoms with Crippen LogP contribution in [-0.2, 0) is 21.4 Å².